The molecule has 0 unspecified atom stereocenters. The van der Waals surface area contributed by atoms with E-state index >= 15 is 0 Å². The van der Waals surface area contributed by atoms with Crippen LogP contribution < -0.4 is 0 Å². The second-order valence-corrected chi connectivity index (χ2v) is 9.67. The second-order valence-electron chi connectivity index (χ2n) is 9.67. The maximum absolute atomic E-state index is 13.2. The minimum atomic E-state index is -1.64. The zero-order valence-electron chi connectivity index (χ0n) is 20.3. The van der Waals surface area contributed by atoms with Gasteiger partial charge in [-0.1, -0.05) is 73.7 Å². The highest BCUT2D eigenvalue weighted by Gasteiger charge is 2.56. The fourth-order valence-electron chi connectivity index (χ4n) is 4.46. The molecule has 0 saturated carbocycles. The molecule has 34 heavy (non-hydrogen) atoms. The lowest BCUT2D eigenvalue weighted by atomic mass is 9.87. The molecule has 1 saturated heterocycles. The first kappa shape index (κ1) is 25.2. The standard InChI is InChI=1S/C28H33NO5/c1-5-28(25(31)32)19-22(24(30)29(28)26(33)34-27(2,3)4)17-12-18-23(20-13-8-6-9-14-20)21-15-10-7-11-16-21/h6-11,13-17,23H,5,12,18-19H2,1-4H3,(H,31,32)/t28-/m0/s1. The number of hydrogen-bond donors (Lipinski definition) is 1. The number of likely N-dealkylation sites (tertiary alicyclic amines) is 1. The Morgan fingerprint density at radius 1 is 1.06 bits per heavy atom. The molecule has 0 aliphatic carbocycles. The van der Waals surface area contributed by atoms with Crippen molar-refractivity contribution < 1.29 is 24.2 Å². The number of aliphatic carboxylic acids is 1. The quantitative estimate of drug-likeness (QED) is 0.515. The number of hydrogen-bond acceptors (Lipinski definition) is 4. The number of ether oxygens (including phenoxy) is 1. The maximum atomic E-state index is 13.2. The van der Waals surface area contributed by atoms with Crippen LogP contribution in [0.15, 0.2) is 72.3 Å². The van der Waals surface area contributed by atoms with E-state index in [9.17, 15) is 19.5 Å². The van der Waals surface area contributed by atoms with Gasteiger partial charge < -0.3 is 9.84 Å². The molecule has 1 N–H and O–H groups in total. The van der Waals surface area contributed by atoms with Gasteiger partial charge in [0.05, 0.1) is 0 Å². The average molecular weight is 464 g/mol. The monoisotopic (exact) mass is 463 g/mol. The molecule has 1 fully saturated rings. The number of carbonyl (C=O) groups is 3. The summed E-state index contributed by atoms with van der Waals surface area (Å²) in [5.74, 6) is -1.66. The summed E-state index contributed by atoms with van der Waals surface area (Å²) in [6.07, 6.45) is 2.25. The third kappa shape index (κ3) is 5.38. The Bertz CT molecular complexity index is 1020. The number of benzene rings is 2. The van der Waals surface area contributed by atoms with Crippen LogP contribution in [0.5, 0.6) is 0 Å². The summed E-state index contributed by atoms with van der Waals surface area (Å²) in [5, 5.41) is 10.00. The van der Waals surface area contributed by atoms with E-state index in [-0.39, 0.29) is 18.8 Å². The van der Waals surface area contributed by atoms with Crippen molar-refractivity contribution in [1.29, 1.82) is 0 Å². The summed E-state index contributed by atoms with van der Waals surface area (Å²) < 4.78 is 5.38. The Labute approximate surface area is 201 Å². The highest BCUT2D eigenvalue weighted by atomic mass is 16.6. The molecule has 0 radical (unpaired) electrons. The van der Waals surface area contributed by atoms with Crippen LogP contribution in [0.4, 0.5) is 4.79 Å². The summed E-state index contributed by atoms with van der Waals surface area (Å²) >= 11 is 0. The maximum Gasteiger partial charge on any atom is 0.418 e. The molecule has 6 nitrogen and oxygen atoms in total. The lowest BCUT2D eigenvalue weighted by Crippen LogP contribution is -2.55. The molecule has 3 rings (SSSR count). The zero-order valence-corrected chi connectivity index (χ0v) is 20.3. The lowest BCUT2D eigenvalue weighted by Gasteiger charge is -2.33. The van der Waals surface area contributed by atoms with Crippen LogP contribution in [0.2, 0.25) is 0 Å². The van der Waals surface area contributed by atoms with Crippen molar-refractivity contribution in [2.45, 2.75) is 70.4 Å². The van der Waals surface area contributed by atoms with Crippen LogP contribution in [0.3, 0.4) is 0 Å². The van der Waals surface area contributed by atoms with Crippen molar-refractivity contribution in [2.24, 2.45) is 0 Å². The normalized spacial score (nSPS) is 19.6. The molecule has 1 heterocycles. The van der Waals surface area contributed by atoms with Crippen LogP contribution in [-0.2, 0) is 14.3 Å². The van der Waals surface area contributed by atoms with Crippen molar-refractivity contribution in [3.05, 3.63) is 83.4 Å². The Balaban J connectivity index is 1.86. The molecule has 2 amide bonds. The number of carboxylic acids is 1. The van der Waals surface area contributed by atoms with Gasteiger partial charge in [0, 0.05) is 17.9 Å². The van der Waals surface area contributed by atoms with Gasteiger partial charge in [-0.05, 0) is 51.2 Å². The van der Waals surface area contributed by atoms with Crippen LogP contribution in [0.25, 0.3) is 0 Å². The van der Waals surface area contributed by atoms with E-state index in [1.807, 2.05) is 36.4 Å². The Kier molecular flexibility index (Phi) is 7.60. The fraction of sp³-hybridized carbons (Fsp3) is 0.393. The first-order chi connectivity index (χ1) is 16.1. The van der Waals surface area contributed by atoms with Crippen LogP contribution >= 0.6 is 0 Å². The molecule has 180 valence electrons. The third-order valence-electron chi connectivity index (χ3n) is 6.20. The van der Waals surface area contributed by atoms with E-state index in [4.69, 9.17) is 4.74 Å². The fourth-order valence-corrected chi connectivity index (χ4v) is 4.46. The van der Waals surface area contributed by atoms with Crippen LogP contribution in [0.1, 0.15) is 70.4 Å². The topological polar surface area (TPSA) is 83.9 Å². The highest BCUT2D eigenvalue weighted by Crippen LogP contribution is 2.39. The molecule has 0 bridgehead atoms. The van der Waals surface area contributed by atoms with Gasteiger partial charge in [0.2, 0.25) is 0 Å². The van der Waals surface area contributed by atoms with Crippen LogP contribution in [0, 0.1) is 0 Å². The Morgan fingerprint density at radius 3 is 2.03 bits per heavy atom. The van der Waals surface area contributed by atoms with Crippen molar-refractivity contribution >= 4 is 18.0 Å². The van der Waals surface area contributed by atoms with Gasteiger partial charge in [0.1, 0.15) is 5.60 Å². The average Bonchev–Trinajstić information content (AvgIpc) is 3.09. The molecule has 2 aromatic carbocycles. The number of rotatable bonds is 7. The van der Waals surface area contributed by atoms with Crippen molar-refractivity contribution in [3.63, 3.8) is 0 Å². The molecule has 1 aliphatic heterocycles. The number of carboxylic acid groups (broad SMARTS) is 1. The van der Waals surface area contributed by atoms with Gasteiger partial charge in [0.25, 0.3) is 5.91 Å². The summed E-state index contributed by atoms with van der Waals surface area (Å²) in [6.45, 7) is 6.72. The highest BCUT2D eigenvalue weighted by molar-refractivity contribution is 6.10. The minimum Gasteiger partial charge on any atom is -0.479 e. The Morgan fingerprint density at radius 2 is 1.59 bits per heavy atom. The predicted octanol–water partition coefficient (Wildman–Crippen LogP) is 5.93. The first-order valence-corrected chi connectivity index (χ1v) is 11.7. The summed E-state index contributed by atoms with van der Waals surface area (Å²) in [4.78, 5) is 39.1. The molecular formula is C28H33NO5. The Hall–Kier alpha value is -3.41. The van der Waals surface area contributed by atoms with E-state index in [1.54, 1.807) is 33.8 Å². The molecule has 6 heteroatoms. The van der Waals surface area contributed by atoms with E-state index in [1.165, 1.54) is 11.1 Å². The summed E-state index contributed by atoms with van der Waals surface area (Å²) in [6, 6.07) is 20.3. The largest absolute Gasteiger partial charge is 0.479 e. The van der Waals surface area contributed by atoms with Crippen molar-refractivity contribution in [1.82, 2.24) is 4.90 Å². The van der Waals surface area contributed by atoms with E-state index in [2.05, 4.69) is 24.3 Å². The molecule has 1 aliphatic rings. The zero-order chi connectivity index (χ0) is 24.9. The van der Waals surface area contributed by atoms with Gasteiger partial charge in [-0.25, -0.2) is 14.5 Å². The number of allylic oxidation sites excluding steroid dienone is 1. The molecule has 0 spiro atoms. The van der Waals surface area contributed by atoms with Gasteiger partial charge in [-0.15, -0.1) is 0 Å². The predicted molar refractivity (Wildman–Crippen MR) is 130 cm³/mol. The van der Waals surface area contributed by atoms with Gasteiger partial charge in [-0.2, -0.15) is 0 Å². The second kappa shape index (κ2) is 10.2. The third-order valence-corrected chi connectivity index (χ3v) is 6.20. The summed E-state index contributed by atoms with van der Waals surface area (Å²) in [5.41, 5.74) is 0.210. The number of imide groups is 1. The summed E-state index contributed by atoms with van der Waals surface area (Å²) in [7, 11) is 0. The van der Waals surface area contributed by atoms with Gasteiger partial charge >= 0.3 is 12.1 Å². The number of nitrogens with zero attached hydrogens (tertiary/aromatic N) is 1. The van der Waals surface area contributed by atoms with E-state index < -0.39 is 29.1 Å². The first-order valence-electron chi connectivity index (χ1n) is 11.7. The molecule has 2 aromatic rings. The molecular weight excluding hydrogens is 430 g/mol. The van der Waals surface area contributed by atoms with E-state index in [0.29, 0.717) is 12.0 Å². The molecule has 0 aromatic heterocycles. The van der Waals surface area contributed by atoms with Crippen molar-refractivity contribution in [3.8, 4) is 0 Å². The van der Waals surface area contributed by atoms with E-state index in [0.717, 1.165) is 11.3 Å². The lowest BCUT2D eigenvalue weighted by molar-refractivity contribution is -0.153. The van der Waals surface area contributed by atoms with Gasteiger partial charge in [-0.3, -0.25) is 4.79 Å². The number of amides is 2. The number of carbonyl (C=O) groups excluding carboxylic acids is 2. The smallest absolute Gasteiger partial charge is 0.418 e. The van der Waals surface area contributed by atoms with Crippen molar-refractivity contribution in [2.75, 3.05) is 0 Å². The van der Waals surface area contributed by atoms with Crippen LogP contribution in [-0.4, -0.2) is 39.1 Å². The minimum absolute atomic E-state index is 0.0295. The SMILES string of the molecule is CC[C@@]1(C(=O)O)CC(=CCCC(c2ccccc2)c2ccccc2)C(=O)N1C(=O)OC(C)(C)C. The van der Waals surface area contributed by atoms with Gasteiger partial charge in [0.15, 0.2) is 5.54 Å². The molecule has 1 atom stereocenters.